The third-order valence-corrected chi connectivity index (χ3v) is 2.39. The Bertz CT molecular complexity index is 265. The average molecular weight is 178 g/mol. The highest BCUT2D eigenvalue weighted by Crippen LogP contribution is 2.33. The summed E-state index contributed by atoms with van der Waals surface area (Å²) < 4.78 is 0. The van der Waals surface area contributed by atoms with Crippen LogP contribution in [-0.4, -0.2) is 18.8 Å². The molecule has 0 aliphatic heterocycles. The Morgan fingerprint density at radius 1 is 1.17 bits per heavy atom. The van der Waals surface area contributed by atoms with Gasteiger partial charge < -0.3 is 5.11 Å². The van der Waals surface area contributed by atoms with Gasteiger partial charge in [-0.15, -0.1) is 5.54 Å². The largest absolute Gasteiger partial charge is 0.378 e. The van der Waals surface area contributed by atoms with Gasteiger partial charge in [-0.25, -0.2) is 0 Å². The van der Waals surface area contributed by atoms with Crippen molar-refractivity contribution in [3.8, 4) is 23.3 Å². The van der Waals surface area contributed by atoms with Crippen molar-refractivity contribution >= 4 is 8.07 Å². The molecule has 0 atom stereocenters. The molecule has 1 saturated carbocycles. The molecule has 0 heterocycles. The molecule has 0 aromatic carbocycles. The molecular formula is C10H14OSi. The molecule has 1 aliphatic carbocycles. The first-order chi connectivity index (χ1) is 5.41. The topological polar surface area (TPSA) is 20.2 Å². The predicted octanol–water partition coefficient (Wildman–Crippen LogP) is 1.40. The molecular weight excluding hydrogens is 164 g/mol. The van der Waals surface area contributed by atoms with Gasteiger partial charge in [0, 0.05) is 0 Å². The minimum absolute atomic E-state index is 0.673. The summed E-state index contributed by atoms with van der Waals surface area (Å²) in [7, 11) is -1.28. The van der Waals surface area contributed by atoms with Gasteiger partial charge in [0.1, 0.15) is 13.7 Å². The fourth-order valence-electron chi connectivity index (χ4n) is 0.610. The molecule has 64 valence electrons. The predicted molar refractivity (Wildman–Crippen MR) is 53.1 cm³/mol. The average Bonchev–Trinajstić information content (AvgIpc) is 2.60. The number of rotatable bonds is 0. The normalized spacial score (nSPS) is 18.3. The maximum atomic E-state index is 9.33. The number of hydrogen-bond donors (Lipinski definition) is 1. The first-order valence-electron chi connectivity index (χ1n) is 4.18. The van der Waals surface area contributed by atoms with Crippen LogP contribution < -0.4 is 0 Å². The summed E-state index contributed by atoms with van der Waals surface area (Å²) in [5.74, 6) is 8.29. The van der Waals surface area contributed by atoms with Crippen LogP contribution in [0.2, 0.25) is 19.6 Å². The second kappa shape index (κ2) is 2.97. The van der Waals surface area contributed by atoms with Crippen LogP contribution in [0, 0.1) is 23.3 Å². The molecule has 0 saturated heterocycles. The van der Waals surface area contributed by atoms with Crippen LogP contribution in [0.15, 0.2) is 0 Å². The van der Waals surface area contributed by atoms with Crippen LogP contribution >= 0.6 is 0 Å². The second-order valence-electron chi connectivity index (χ2n) is 4.28. The first kappa shape index (κ1) is 9.39. The van der Waals surface area contributed by atoms with Gasteiger partial charge in [0.25, 0.3) is 0 Å². The molecule has 1 rings (SSSR count). The van der Waals surface area contributed by atoms with E-state index in [1.54, 1.807) is 0 Å². The lowest BCUT2D eigenvalue weighted by Crippen LogP contribution is -2.16. The lowest BCUT2D eigenvalue weighted by atomic mass is 10.3. The SMILES string of the molecule is C[Si](C)(C)C#CC#CC1(O)CC1. The summed E-state index contributed by atoms with van der Waals surface area (Å²) in [5, 5.41) is 9.33. The molecule has 0 unspecified atom stereocenters. The van der Waals surface area contributed by atoms with E-state index in [9.17, 15) is 5.11 Å². The maximum absolute atomic E-state index is 9.33. The molecule has 12 heavy (non-hydrogen) atoms. The zero-order valence-electron chi connectivity index (χ0n) is 7.86. The van der Waals surface area contributed by atoms with Gasteiger partial charge in [-0.3, -0.25) is 0 Å². The van der Waals surface area contributed by atoms with Crippen molar-refractivity contribution in [2.45, 2.75) is 38.1 Å². The van der Waals surface area contributed by atoms with Crippen molar-refractivity contribution in [1.82, 2.24) is 0 Å². The minimum Gasteiger partial charge on any atom is -0.378 e. The van der Waals surface area contributed by atoms with E-state index >= 15 is 0 Å². The smallest absolute Gasteiger partial charge is 0.130 e. The van der Waals surface area contributed by atoms with Crippen molar-refractivity contribution < 1.29 is 5.11 Å². The van der Waals surface area contributed by atoms with Gasteiger partial charge in [-0.1, -0.05) is 25.6 Å². The van der Waals surface area contributed by atoms with Gasteiger partial charge in [-0.2, -0.15) is 0 Å². The van der Waals surface area contributed by atoms with Crippen molar-refractivity contribution in [2.24, 2.45) is 0 Å². The first-order valence-corrected chi connectivity index (χ1v) is 7.68. The third-order valence-electron chi connectivity index (χ3n) is 1.52. The van der Waals surface area contributed by atoms with Gasteiger partial charge in [-0.05, 0) is 24.7 Å². The Kier molecular flexibility index (Phi) is 2.33. The van der Waals surface area contributed by atoms with Gasteiger partial charge >= 0.3 is 0 Å². The van der Waals surface area contributed by atoms with Crippen molar-refractivity contribution in [3.63, 3.8) is 0 Å². The van der Waals surface area contributed by atoms with Crippen LogP contribution in [0.5, 0.6) is 0 Å². The summed E-state index contributed by atoms with van der Waals surface area (Å²) in [6.45, 7) is 6.52. The Morgan fingerprint density at radius 3 is 2.17 bits per heavy atom. The zero-order chi connectivity index (χ0) is 9.24. The summed E-state index contributed by atoms with van der Waals surface area (Å²) in [6, 6.07) is 0. The van der Waals surface area contributed by atoms with Crippen molar-refractivity contribution in [2.75, 3.05) is 0 Å². The van der Waals surface area contributed by atoms with Crippen LogP contribution in [0.4, 0.5) is 0 Å². The second-order valence-corrected chi connectivity index (χ2v) is 9.03. The molecule has 0 aromatic rings. The maximum Gasteiger partial charge on any atom is 0.130 e. The van der Waals surface area contributed by atoms with Crippen molar-refractivity contribution in [3.05, 3.63) is 0 Å². The standard InChI is InChI=1S/C10H14OSi/c1-12(2,3)9-5-4-6-10(11)7-8-10/h11H,7-8H2,1-3H3. The quantitative estimate of drug-likeness (QED) is 0.439. The van der Waals surface area contributed by atoms with E-state index in [0.29, 0.717) is 0 Å². The number of hydrogen-bond acceptors (Lipinski definition) is 1. The zero-order valence-corrected chi connectivity index (χ0v) is 8.86. The van der Waals surface area contributed by atoms with Crippen LogP contribution in [0.1, 0.15) is 12.8 Å². The monoisotopic (exact) mass is 178 g/mol. The highest BCUT2D eigenvalue weighted by molar-refractivity contribution is 6.83. The Labute approximate surface area is 75.2 Å². The van der Waals surface area contributed by atoms with Gasteiger partial charge in [0.05, 0.1) is 0 Å². The molecule has 0 amide bonds. The van der Waals surface area contributed by atoms with E-state index < -0.39 is 13.7 Å². The lowest BCUT2D eigenvalue weighted by Gasteiger charge is -2.01. The third kappa shape index (κ3) is 3.62. The van der Waals surface area contributed by atoms with E-state index in [2.05, 4.69) is 42.9 Å². The molecule has 0 spiro atoms. The summed E-state index contributed by atoms with van der Waals surface area (Å²) >= 11 is 0. The van der Waals surface area contributed by atoms with Gasteiger partial charge in [0.2, 0.25) is 0 Å². The van der Waals surface area contributed by atoms with Crippen molar-refractivity contribution in [1.29, 1.82) is 0 Å². The number of aliphatic hydroxyl groups is 1. The highest BCUT2D eigenvalue weighted by Gasteiger charge is 2.38. The molecule has 0 aromatic heterocycles. The van der Waals surface area contributed by atoms with E-state index in [4.69, 9.17) is 0 Å². The molecule has 0 bridgehead atoms. The lowest BCUT2D eigenvalue weighted by molar-refractivity contribution is 0.212. The molecule has 1 N–H and O–H groups in total. The highest BCUT2D eigenvalue weighted by atomic mass is 28.3. The van der Waals surface area contributed by atoms with E-state index in [0.717, 1.165) is 12.8 Å². The minimum atomic E-state index is -1.28. The van der Waals surface area contributed by atoms with Crippen LogP contribution in [0.3, 0.4) is 0 Å². The van der Waals surface area contributed by atoms with Gasteiger partial charge in [0.15, 0.2) is 0 Å². The Hall–Kier alpha value is -0.703. The Morgan fingerprint density at radius 2 is 1.75 bits per heavy atom. The van der Waals surface area contributed by atoms with E-state index in [-0.39, 0.29) is 0 Å². The summed E-state index contributed by atoms with van der Waals surface area (Å²) in [5.41, 5.74) is 2.45. The van der Waals surface area contributed by atoms with E-state index in [1.165, 1.54) is 0 Å². The molecule has 1 fully saturated rings. The molecule has 1 aliphatic rings. The molecule has 1 nitrogen and oxygen atoms in total. The summed E-state index contributed by atoms with van der Waals surface area (Å²) in [6.07, 6.45) is 1.63. The molecule has 0 radical (unpaired) electrons. The molecule has 2 heteroatoms. The Balaban J connectivity index is 2.50. The summed E-state index contributed by atoms with van der Waals surface area (Å²) in [4.78, 5) is 0. The fraction of sp³-hybridized carbons (Fsp3) is 0.600. The van der Waals surface area contributed by atoms with Crippen LogP contribution in [0.25, 0.3) is 0 Å². The fourth-order valence-corrected chi connectivity index (χ4v) is 1.05. The van der Waals surface area contributed by atoms with E-state index in [1.807, 2.05) is 0 Å². The van der Waals surface area contributed by atoms with Crippen LogP contribution in [-0.2, 0) is 0 Å².